The fourth-order valence-corrected chi connectivity index (χ4v) is 0.361. The molecule has 0 spiro atoms. The van der Waals surface area contributed by atoms with Gasteiger partial charge in [0.15, 0.2) is 0 Å². The average Bonchev–Trinajstić information content (AvgIpc) is 1.99. The maximum absolute atomic E-state index is 10.5. The highest BCUT2D eigenvalue weighted by Gasteiger charge is 1.94. The molecule has 3 heteroatoms. The van der Waals surface area contributed by atoms with Gasteiger partial charge >= 0.3 is 5.97 Å². The number of hydrogen-bond donors (Lipinski definition) is 0. The molecule has 0 aromatic heterocycles. The molecular formula is C7H12O3. The quantitative estimate of drug-likeness (QED) is 0.433. The molecule has 0 saturated carbocycles. The van der Waals surface area contributed by atoms with E-state index >= 15 is 0 Å². The van der Waals surface area contributed by atoms with E-state index in [0.29, 0.717) is 0 Å². The van der Waals surface area contributed by atoms with E-state index in [1.807, 2.05) is 6.92 Å². The molecule has 0 aliphatic carbocycles. The number of carbonyl (C=O) groups excluding carboxylic acids is 1. The minimum atomic E-state index is -0.357. The van der Waals surface area contributed by atoms with E-state index in [0.717, 1.165) is 0 Å². The second kappa shape index (κ2) is 4.99. The average molecular weight is 144 g/mol. The van der Waals surface area contributed by atoms with Gasteiger partial charge in [-0.05, 0) is 13.0 Å². The lowest BCUT2D eigenvalue weighted by Gasteiger charge is -1.99. The third-order valence-electron chi connectivity index (χ3n) is 1.08. The minimum Gasteiger partial charge on any atom is -0.466 e. The van der Waals surface area contributed by atoms with Crippen LogP contribution < -0.4 is 0 Å². The first-order valence-corrected chi connectivity index (χ1v) is 2.99. The number of ether oxygens (including phenoxy) is 2. The van der Waals surface area contributed by atoms with Crippen molar-refractivity contribution in [2.24, 2.45) is 0 Å². The number of hydrogen-bond acceptors (Lipinski definition) is 3. The number of methoxy groups -OCH3 is 2. The van der Waals surface area contributed by atoms with Gasteiger partial charge in [0.05, 0.1) is 13.2 Å². The van der Waals surface area contributed by atoms with E-state index in [4.69, 9.17) is 4.74 Å². The Morgan fingerprint density at radius 1 is 1.50 bits per heavy atom. The smallest absolute Gasteiger partial charge is 0.330 e. The Kier molecular flexibility index (Phi) is 4.58. The van der Waals surface area contributed by atoms with Gasteiger partial charge in [-0.2, -0.15) is 0 Å². The van der Waals surface area contributed by atoms with Crippen LogP contribution >= 0.6 is 0 Å². The van der Waals surface area contributed by atoms with Gasteiger partial charge < -0.3 is 9.47 Å². The standard InChI is InChI=1S/C7H12O3/c1-6(9-2)4-5-7(8)10-3/h4-6H,1-3H3/b5-4+. The van der Waals surface area contributed by atoms with Gasteiger partial charge in [-0.3, -0.25) is 0 Å². The van der Waals surface area contributed by atoms with E-state index in [9.17, 15) is 4.79 Å². The van der Waals surface area contributed by atoms with Crippen molar-refractivity contribution in [3.63, 3.8) is 0 Å². The summed E-state index contributed by atoms with van der Waals surface area (Å²) >= 11 is 0. The van der Waals surface area contributed by atoms with Gasteiger partial charge in [0, 0.05) is 13.2 Å². The molecule has 10 heavy (non-hydrogen) atoms. The molecule has 0 aromatic rings. The third-order valence-corrected chi connectivity index (χ3v) is 1.08. The predicted octanol–water partition coefficient (Wildman–Crippen LogP) is 0.750. The molecular weight excluding hydrogens is 132 g/mol. The van der Waals surface area contributed by atoms with Crippen LogP contribution in [0.4, 0.5) is 0 Å². The van der Waals surface area contributed by atoms with Crippen molar-refractivity contribution in [3.05, 3.63) is 12.2 Å². The molecule has 3 nitrogen and oxygen atoms in total. The van der Waals surface area contributed by atoms with Crippen molar-refractivity contribution < 1.29 is 14.3 Å². The highest BCUT2D eigenvalue weighted by atomic mass is 16.5. The van der Waals surface area contributed by atoms with Crippen LogP contribution in [0.15, 0.2) is 12.2 Å². The highest BCUT2D eigenvalue weighted by molar-refractivity contribution is 5.81. The fraction of sp³-hybridized carbons (Fsp3) is 0.571. The molecule has 0 saturated heterocycles. The third kappa shape index (κ3) is 4.09. The van der Waals surface area contributed by atoms with Crippen LogP contribution in [0.25, 0.3) is 0 Å². The molecule has 0 aliphatic rings. The first-order chi connectivity index (χ1) is 4.70. The number of esters is 1. The largest absolute Gasteiger partial charge is 0.466 e. The summed E-state index contributed by atoms with van der Waals surface area (Å²) in [6.45, 7) is 1.83. The highest BCUT2D eigenvalue weighted by Crippen LogP contribution is 1.89. The van der Waals surface area contributed by atoms with Crippen molar-refractivity contribution in [2.45, 2.75) is 13.0 Å². The lowest BCUT2D eigenvalue weighted by molar-refractivity contribution is -0.134. The van der Waals surface area contributed by atoms with Crippen molar-refractivity contribution in [3.8, 4) is 0 Å². The normalized spacial score (nSPS) is 13.5. The molecule has 0 amide bonds. The number of rotatable bonds is 3. The fourth-order valence-electron chi connectivity index (χ4n) is 0.361. The monoisotopic (exact) mass is 144 g/mol. The van der Waals surface area contributed by atoms with Gasteiger partial charge in [0.2, 0.25) is 0 Å². The van der Waals surface area contributed by atoms with Crippen molar-refractivity contribution >= 4 is 5.97 Å². The molecule has 0 aromatic carbocycles. The lowest BCUT2D eigenvalue weighted by atomic mass is 10.3. The van der Waals surface area contributed by atoms with E-state index in [2.05, 4.69) is 4.74 Å². The van der Waals surface area contributed by atoms with Crippen LogP contribution in [0, 0.1) is 0 Å². The Bertz CT molecular complexity index is 129. The molecule has 58 valence electrons. The summed E-state index contributed by atoms with van der Waals surface area (Å²) in [5.74, 6) is -0.357. The van der Waals surface area contributed by atoms with Gasteiger partial charge in [-0.15, -0.1) is 0 Å². The van der Waals surface area contributed by atoms with E-state index in [1.165, 1.54) is 13.2 Å². The van der Waals surface area contributed by atoms with Crippen LogP contribution in [0.1, 0.15) is 6.92 Å². The maximum Gasteiger partial charge on any atom is 0.330 e. The van der Waals surface area contributed by atoms with E-state index in [1.54, 1.807) is 13.2 Å². The predicted molar refractivity (Wildman–Crippen MR) is 37.6 cm³/mol. The van der Waals surface area contributed by atoms with Gasteiger partial charge in [-0.1, -0.05) is 0 Å². The van der Waals surface area contributed by atoms with Crippen LogP contribution in [0.5, 0.6) is 0 Å². The van der Waals surface area contributed by atoms with Crippen LogP contribution in [-0.4, -0.2) is 26.3 Å². The molecule has 1 unspecified atom stereocenters. The maximum atomic E-state index is 10.5. The van der Waals surface area contributed by atoms with Gasteiger partial charge in [0.25, 0.3) is 0 Å². The Hall–Kier alpha value is -0.830. The molecule has 0 aliphatic heterocycles. The van der Waals surface area contributed by atoms with Gasteiger partial charge in [0.1, 0.15) is 0 Å². The molecule has 0 heterocycles. The second-order valence-corrected chi connectivity index (χ2v) is 1.82. The summed E-state index contributed by atoms with van der Waals surface area (Å²) < 4.78 is 9.21. The first-order valence-electron chi connectivity index (χ1n) is 2.99. The minimum absolute atomic E-state index is 0.0425. The van der Waals surface area contributed by atoms with Crippen LogP contribution in [-0.2, 0) is 14.3 Å². The van der Waals surface area contributed by atoms with Crippen molar-refractivity contribution in [1.82, 2.24) is 0 Å². The first kappa shape index (κ1) is 9.17. The van der Waals surface area contributed by atoms with E-state index < -0.39 is 0 Å². The Morgan fingerprint density at radius 2 is 2.10 bits per heavy atom. The van der Waals surface area contributed by atoms with Crippen LogP contribution in [0.3, 0.4) is 0 Å². The molecule has 0 rings (SSSR count). The SMILES string of the molecule is COC(=O)/C=C/C(C)OC. The second-order valence-electron chi connectivity index (χ2n) is 1.82. The Morgan fingerprint density at radius 3 is 2.50 bits per heavy atom. The summed E-state index contributed by atoms with van der Waals surface area (Å²) in [5.41, 5.74) is 0. The summed E-state index contributed by atoms with van der Waals surface area (Å²) in [4.78, 5) is 10.5. The van der Waals surface area contributed by atoms with Crippen molar-refractivity contribution in [1.29, 1.82) is 0 Å². The Labute approximate surface area is 60.6 Å². The van der Waals surface area contributed by atoms with Crippen molar-refractivity contribution in [2.75, 3.05) is 14.2 Å². The summed E-state index contributed by atoms with van der Waals surface area (Å²) in [6.07, 6.45) is 2.93. The topological polar surface area (TPSA) is 35.5 Å². The molecule has 0 N–H and O–H groups in total. The zero-order valence-corrected chi connectivity index (χ0v) is 6.46. The zero-order valence-electron chi connectivity index (χ0n) is 6.46. The molecule has 1 atom stereocenters. The zero-order chi connectivity index (χ0) is 7.98. The molecule has 0 bridgehead atoms. The number of carbonyl (C=O) groups is 1. The molecule has 0 fully saturated rings. The lowest BCUT2D eigenvalue weighted by Crippen LogP contribution is -2.02. The Balaban J connectivity index is 3.63. The summed E-state index contributed by atoms with van der Waals surface area (Å²) in [6, 6.07) is 0. The summed E-state index contributed by atoms with van der Waals surface area (Å²) in [5, 5.41) is 0. The van der Waals surface area contributed by atoms with Crippen LogP contribution in [0.2, 0.25) is 0 Å². The van der Waals surface area contributed by atoms with Gasteiger partial charge in [-0.25, -0.2) is 4.79 Å². The summed E-state index contributed by atoms with van der Waals surface area (Å²) in [7, 11) is 2.91. The molecule has 0 radical (unpaired) electrons. The van der Waals surface area contributed by atoms with E-state index in [-0.39, 0.29) is 12.1 Å².